The molecule has 1 N–H and O–H groups in total. The van der Waals surface area contributed by atoms with Gasteiger partial charge in [-0.2, -0.15) is 0 Å². The second-order valence-electron chi connectivity index (χ2n) is 9.65. The summed E-state index contributed by atoms with van der Waals surface area (Å²) in [5.74, 6) is 0.411. The van der Waals surface area contributed by atoms with E-state index < -0.39 is 12.0 Å². The van der Waals surface area contributed by atoms with Crippen LogP contribution in [0.3, 0.4) is 0 Å². The van der Waals surface area contributed by atoms with Gasteiger partial charge in [0.05, 0.1) is 36.1 Å². The number of aryl methyl sites for hydroxylation is 1. The van der Waals surface area contributed by atoms with Crippen LogP contribution in [0.1, 0.15) is 43.1 Å². The zero-order chi connectivity index (χ0) is 29.1. The van der Waals surface area contributed by atoms with Crippen molar-refractivity contribution in [2.75, 3.05) is 34.0 Å². The number of rotatable bonds is 10. The predicted octanol–water partition coefficient (Wildman–Crippen LogP) is 4.01. The molecular formula is C31H33N3O6S. The molecule has 9 nitrogen and oxygen atoms in total. The molecule has 0 radical (unpaired) electrons. The molecule has 4 aromatic rings. The Bertz CT molecular complexity index is 1810. The molecule has 0 bridgehead atoms. The second kappa shape index (κ2) is 12.2. The number of carbonyl (C=O) groups excluding carboxylic acids is 1. The van der Waals surface area contributed by atoms with Gasteiger partial charge in [-0.05, 0) is 38.5 Å². The lowest BCUT2D eigenvalue weighted by molar-refractivity contribution is -0.140. The average Bonchev–Trinajstić information content (AvgIpc) is 3.45. The number of hydrogen-bond donors (Lipinski definition) is 1. The quantitative estimate of drug-likeness (QED) is 0.226. The minimum Gasteiger partial charge on any atom is -0.493 e. The first-order valence-electron chi connectivity index (χ1n) is 13.4. The van der Waals surface area contributed by atoms with Crippen molar-refractivity contribution in [3.8, 4) is 11.5 Å². The van der Waals surface area contributed by atoms with Crippen molar-refractivity contribution in [2.24, 2.45) is 4.99 Å². The summed E-state index contributed by atoms with van der Waals surface area (Å²) in [5.41, 5.74) is 3.97. The number of aromatic amines is 1. The van der Waals surface area contributed by atoms with Crippen LogP contribution in [0.25, 0.3) is 17.0 Å². The van der Waals surface area contributed by atoms with E-state index >= 15 is 0 Å². The summed E-state index contributed by atoms with van der Waals surface area (Å²) in [7, 11) is 3.10. The maximum absolute atomic E-state index is 14.2. The van der Waals surface area contributed by atoms with Gasteiger partial charge in [0.2, 0.25) is 0 Å². The number of methoxy groups -OCH3 is 2. The highest BCUT2D eigenvalue weighted by atomic mass is 32.1. The molecule has 10 heteroatoms. The molecule has 0 amide bonds. The van der Waals surface area contributed by atoms with Crippen LogP contribution >= 0.6 is 11.3 Å². The second-order valence-corrected chi connectivity index (χ2v) is 10.7. The largest absolute Gasteiger partial charge is 0.493 e. The first-order chi connectivity index (χ1) is 19.9. The Morgan fingerprint density at radius 3 is 2.66 bits per heavy atom. The van der Waals surface area contributed by atoms with E-state index in [0.29, 0.717) is 38.7 Å². The van der Waals surface area contributed by atoms with Gasteiger partial charge in [-0.1, -0.05) is 48.6 Å². The summed E-state index contributed by atoms with van der Waals surface area (Å²) in [6.45, 7) is 6.50. The summed E-state index contributed by atoms with van der Waals surface area (Å²) in [4.78, 5) is 36.3. The van der Waals surface area contributed by atoms with Crippen molar-refractivity contribution in [3.63, 3.8) is 0 Å². The summed E-state index contributed by atoms with van der Waals surface area (Å²) in [5, 5.41) is 1.02. The van der Waals surface area contributed by atoms with Crippen molar-refractivity contribution in [1.29, 1.82) is 0 Å². The fraction of sp³-hybridized carbons (Fsp3) is 0.323. The predicted molar refractivity (Wildman–Crippen MR) is 158 cm³/mol. The Morgan fingerprint density at radius 1 is 1.10 bits per heavy atom. The molecule has 1 atom stereocenters. The molecular weight excluding hydrogens is 542 g/mol. The average molecular weight is 576 g/mol. The van der Waals surface area contributed by atoms with Gasteiger partial charge >= 0.3 is 5.97 Å². The SMILES string of the molecule is CCCOc1c(OC)cccc1[C@@H]1C(C(=O)OCCOC)=C(C)N=c2s/c(=C/c3c(C)[nH]c4ccccc34)c(=O)n21. The Balaban J connectivity index is 1.75. The molecule has 0 aliphatic carbocycles. The Labute approximate surface area is 241 Å². The molecule has 41 heavy (non-hydrogen) atoms. The normalized spacial score (nSPS) is 15.1. The number of nitrogens with one attached hydrogen (secondary N) is 1. The third-order valence-corrected chi connectivity index (χ3v) is 7.94. The maximum Gasteiger partial charge on any atom is 0.338 e. The number of hydrogen-bond acceptors (Lipinski definition) is 8. The Hall–Kier alpha value is -4.15. The molecule has 0 fully saturated rings. The number of ether oxygens (including phenoxy) is 4. The van der Waals surface area contributed by atoms with Crippen LogP contribution in [0.15, 0.2) is 63.5 Å². The lowest BCUT2D eigenvalue weighted by atomic mass is 9.94. The fourth-order valence-electron chi connectivity index (χ4n) is 5.06. The highest BCUT2D eigenvalue weighted by Crippen LogP contribution is 2.41. The topological polar surface area (TPSA) is 104 Å². The number of para-hydroxylation sites is 2. The van der Waals surface area contributed by atoms with Crippen LogP contribution in [0, 0.1) is 6.92 Å². The monoisotopic (exact) mass is 575 g/mol. The molecule has 5 rings (SSSR count). The maximum atomic E-state index is 14.2. The van der Waals surface area contributed by atoms with E-state index in [1.54, 1.807) is 24.7 Å². The molecule has 214 valence electrons. The molecule has 1 aliphatic heterocycles. The molecule has 0 unspecified atom stereocenters. The van der Waals surface area contributed by atoms with Crippen molar-refractivity contribution in [1.82, 2.24) is 9.55 Å². The third-order valence-electron chi connectivity index (χ3n) is 6.96. The summed E-state index contributed by atoms with van der Waals surface area (Å²) >= 11 is 1.28. The summed E-state index contributed by atoms with van der Waals surface area (Å²) in [6, 6.07) is 12.6. The summed E-state index contributed by atoms with van der Waals surface area (Å²) < 4.78 is 24.5. The van der Waals surface area contributed by atoms with Crippen LogP contribution in [-0.2, 0) is 14.3 Å². The van der Waals surface area contributed by atoms with Crippen LogP contribution in [0.4, 0.5) is 0 Å². The molecule has 2 aromatic carbocycles. The van der Waals surface area contributed by atoms with E-state index in [1.165, 1.54) is 18.4 Å². The van der Waals surface area contributed by atoms with Crippen molar-refractivity contribution >= 4 is 34.3 Å². The van der Waals surface area contributed by atoms with E-state index in [-0.39, 0.29) is 24.3 Å². The zero-order valence-corrected chi connectivity index (χ0v) is 24.6. The lowest BCUT2D eigenvalue weighted by Gasteiger charge is -2.27. The molecule has 0 saturated heterocycles. The number of thiazole rings is 1. The van der Waals surface area contributed by atoms with Gasteiger partial charge in [-0.15, -0.1) is 0 Å². The number of aromatic nitrogens is 2. The first-order valence-corrected chi connectivity index (χ1v) is 14.3. The van der Waals surface area contributed by atoms with E-state index in [2.05, 4.69) is 4.98 Å². The Morgan fingerprint density at radius 2 is 1.90 bits per heavy atom. The lowest BCUT2D eigenvalue weighted by Crippen LogP contribution is -2.40. The highest BCUT2D eigenvalue weighted by molar-refractivity contribution is 7.07. The van der Waals surface area contributed by atoms with Crippen molar-refractivity contribution in [3.05, 3.63) is 90.2 Å². The molecule has 1 aliphatic rings. The van der Waals surface area contributed by atoms with Gasteiger partial charge in [0.1, 0.15) is 12.6 Å². The number of fused-ring (bicyclic) bond motifs is 2. The van der Waals surface area contributed by atoms with Gasteiger partial charge in [0.25, 0.3) is 5.56 Å². The first kappa shape index (κ1) is 28.4. The van der Waals surface area contributed by atoms with Gasteiger partial charge in [0, 0.05) is 34.8 Å². The van der Waals surface area contributed by atoms with Gasteiger partial charge in [-0.25, -0.2) is 9.79 Å². The van der Waals surface area contributed by atoms with Crippen LogP contribution in [-0.4, -0.2) is 49.6 Å². The molecule has 3 heterocycles. The zero-order valence-electron chi connectivity index (χ0n) is 23.8. The van der Waals surface area contributed by atoms with Crippen LogP contribution in [0.5, 0.6) is 11.5 Å². The molecule has 0 saturated carbocycles. The van der Waals surface area contributed by atoms with E-state index in [0.717, 1.165) is 28.6 Å². The van der Waals surface area contributed by atoms with E-state index in [4.69, 9.17) is 23.9 Å². The molecule has 0 spiro atoms. The van der Waals surface area contributed by atoms with Crippen LogP contribution < -0.4 is 24.4 Å². The van der Waals surface area contributed by atoms with Gasteiger partial charge in [-0.3, -0.25) is 9.36 Å². The highest BCUT2D eigenvalue weighted by Gasteiger charge is 2.36. The number of esters is 1. The van der Waals surface area contributed by atoms with Crippen molar-refractivity contribution in [2.45, 2.75) is 33.2 Å². The number of allylic oxidation sites excluding steroid dienone is 1. The van der Waals surface area contributed by atoms with Gasteiger partial charge < -0.3 is 23.9 Å². The van der Waals surface area contributed by atoms with E-state index in [9.17, 15) is 9.59 Å². The minimum absolute atomic E-state index is 0.0698. The minimum atomic E-state index is -0.838. The third kappa shape index (κ3) is 5.32. The smallest absolute Gasteiger partial charge is 0.338 e. The summed E-state index contributed by atoms with van der Waals surface area (Å²) in [6.07, 6.45) is 2.66. The fourth-order valence-corrected chi connectivity index (χ4v) is 6.08. The number of H-pyrrole nitrogens is 1. The van der Waals surface area contributed by atoms with Gasteiger partial charge in [0.15, 0.2) is 16.3 Å². The van der Waals surface area contributed by atoms with Crippen molar-refractivity contribution < 1.29 is 23.7 Å². The number of carbonyl (C=O) groups is 1. The standard InChI is InChI=1S/C31H33N3O6S/c1-6-14-39-28-21(11-9-13-24(28)38-5)27-26(30(36)40-16-15-37-4)19(3)33-31-34(27)29(35)25(41-31)17-22-18(2)32-23-12-8-7-10-20(22)23/h7-13,17,27,32H,6,14-16H2,1-5H3/b25-17+/t27-/m1/s1. The van der Waals surface area contributed by atoms with E-state index in [1.807, 2.05) is 56.3 Å². The molecule has 2 aromatic heterocycles. The Kier molecular flexibility index (Phi) is 8.41. The number of nitrogens with zero attached hydrogens (tertiary/aromatic N) is 2. The van der Waals surface area contributed by atoms with Crippen LogP contribution in [0.2, 0.25) is 0 Å². The number of benzene rings is 2.